The fourth-order valence-electron chi connectivity index (χ4n) is 4.59. The minimum atomic E-state index is -0.481. The van der Waals surface area contributed by atoms with E-state index in [1.807, 2.05) is 6.92 Å². The zero-order valence-corrected chi connectivity index (χ0v) is 16.7. The van der Waals surface area contributed by atoms with Crippen LogP contribution >= 0.6 is 0 Å². The Labute approximate surface area is 172 Å². The summed E-state index contributed by atoms with van der Waals surface area (Å²) in [5.41, 5.74) is 4.32. The molecule has 1 aromatic heterocycles. The van der Waals surface area contributed by atoms with Crippen LogP contribution in [-0.2, 0) is 17.6 Å². The maximum absolute atomic E-state index is 13.1. The number of methoxy groups -OCH3 is 1. The summed E-state index contributed by atoms with van der Waals surface area (Å²) in [5.74, 6) is 0.0839. The van der Waals surface area contributed by atoms with Crippen LogP contribution in [0.15, 0.2) is 39.5 Å². The van der Waals surface area contributed by atoms with E-state index in [1.165, 1.54) is 7.11 Å². The third kappa shape index (κ3) is 2.75. The molecule has 152 valence electrons. The zero-order chi connectivity index (χ0) is 21.0. The van der Waals surface area contributed by atoms with Crippen molar-refractivity contribution in [2.45, 2.75) is 38.7 Å². The number of hydrogen-bond donors (Lipinski definition) is 0. The second-order valence-electron chi connectivity index (χ2n) is 7.82. The first-order valence-electron chi connectivity index (χ1n) is 9.98. The summed E-state index contributed by atoms with van der Waals surface area (Å²) in [4.78, 5) is 37.1. The number of Topliss-reactive ketones (excluding diaryl/α,β-unsaturated/α-hetero) is 1. The molecule has 0 bridgehead atoms. The second-order valence-corrected chi connectivity index (χ2v) is 7.82. The van der Waals surface area contributed by atoms with Crippen LogP contribution in [0.2, 0.25) is 0 Å². The molecule has 1 atom stereocenters. The number of fused-ring (bicyclic) bond motifs is 5. The lowest BCUT2D eigenvalue weighted by molar-refractivity contribution is 0.0600. The van der Waals surface area contributed by atoms with Crippen molar-refractivity contribution in [2.24, 2.45) is 0 Å². The molecule has 0 amide bonds. The Morgan fingerprint density at radius 1 is 1.10 bits per heavy atom. The Hall–Kier alpha value is -3.41. The first-order valence-corrected chi connectivity index (χ1v) is 9.98. The molecule has 2 aliphatic rings. The molecule has 0 spiro atoms. The Kier molecular flexibility index (Phi) is 4.24. The molecule has 1 aliphatic heterocycles. The number of hydrogen-bond acceptors (Lipinski definition) is 6. The summed E-state index contributed by atoms with van der Waals surface area (Å²) in [6, 6.07) is 8.64. The van der Waals surface area contributed by atoms with E-state index in [2.05, 4.69) is 0 Å². The van der Waals surface area contributed by atoms with Crippen molar-refractivity contribution in [3.63, 3.8) is 0 Å². The van der Waals surface area contributed by atoms with Gasteiger partial charge in [-0.1, -0.05) is 12.1 Å². The Balaban J connectivity index is 1.65. The lowest BCUT2D eigenvalue weighted by atomic mass is 9.90. The van der Waals surface area contributed by atoms with Crippen molar-refractivity contribution in [1.82, 2.24) is 0 Å². The van der Waals surface area contributed by atoms with Crippen LogP contribution in [0.5, 0.6) is 5.75 Å². The van der Waals surface area contributed by atoms with E-state index in [0.717, 1.165) is 34.9 Å². The van der Waals surface area contributed by atoms with Gasteiger partial charge in [0.15, 0.2) is 5.78 Å². The van der Waals surface area contributed by atoms with Crippen LogP contribution in [0.25, 0.3) is 11.0 Å². The number of ether oxygens (including phenoxy) is 2. The summed E-state index contributed by atoms with van der Waals surface area (Å²) in [6.07, 6.45) is 2.06. The van der Waals surface area contributed by atoms with Gasteiger partial charge >= 0.3 is 11.6 Å². The average Bonchev–Trinajstić information content (AvgIpc) is 3.23. The zero-order valence-electron chi connectivity index (χ0n) is 16.7. The smallest absolute Gasteiger partial charge is 0.339 e. The minimum Gasteiger partial charge on any atom is -0.484 e. The third-order valence-corrected chi connectivity index (χ3v) is 6.02. The van der Waals surface area contributed by atoms with Gasteiger partial charge in [-0.2, -0.15) is 0 Å². The molecule has 6 heteroatoms. The minimum absolute atomic E-state index is 0.00404. The van der Waals surface area contributed by atoms with Gasteiger partial charge in [0, 0.05) is 5.56 Å². The van der Waals surface area contributed by atoms with Gasteiger partial charge in [0.2, 0.25) is 0 Å². The summed E-state index contributed by atoms with van der Waals surface area (Å²) < 4.78 is 16.7. The van der Waals surface area contributed by atoms with Crippen molar-refractivity contribution >= 4 is 22.7 Å². The Morgan fingerprint density at radius 3 is 2.57 bits per heavy atom. The summed E-state index contributed by atoms with van der Waals surface area (Å²) >= 11 is 0. The van der Waals surface area contributed by atoms with Crippen LogP contribution in [0.1, 0.15) is 61.9 Å². The molecule has 2 heterocycles. The van der Waals surface area contributed by atoms with Gasteiger partial charge < -0.3 is 13.9 Å². The lowest BCUT2D eigenvalue weighted by Crippen LogP contribution is -2.22. The van der Waals surface area contributed by atoms with Crippen molar-refractivity contribution in [3.05, 3.63) is 74.1 Å². The highest BCUT2D eigenvalue weighted by Crippen LogP contribution is 2.44. The van der Waals surface area contributed by atoms with Crippen molar-refractivity contribution in [3.8, 4) is 5.75 Å². The van der Waals surface area contributed by atoms with Gasteiger partial charge in [0.1, 0.15) is 17.4 Å². The molecule has 0 saturated heterocycles. The molecule has 3 aromatic rings. The van der Waals surface area contributed by atoms with Gasteiger partial charge in [-0.3, -0.25) is 4.79 Å². The Morgan fingerprint density at radius 2 is 1.83 bits per heavy atom. The molecule has 0 unspecified atom stereocenters. The van der Waals surface area contributed by atoms with Gasteiger partial charge in [-0.25, -0.2) is 9.59 Å². The standard InChI is InChI=1S/C24H20O6/c1-12-10-19-21(15-4-3-5-16(15)24(27)30-19)22-20(12)17(25)11-18(29-22)13-6-8-14(9-7-13)23(26)28-2/h6-10,18H,3-5,11H2,1-2H3/t18-/m0/s1. The average molecular weight is 404 g/mol. The third-order valence-electron chi connectivity index (χ3n) is 6.02. The van der Waals surface area contributed by atoms with E-state index in [4.69, 9.17) is 13.9 Å². The molecule has 2 aromatic carbocycles. The fraction of sp³-hybridized carbons (Fsp3) is 0.292. The van der Waals surface area contributed by atoms with Crippen molar-refractivity contribution in [2.75, 3.05) is 7.11 Å². The van der Waals surface area contributed by atoms with Crippen LogP contribution in [0.4, 0.5) is 0 Å². The molecular formula is C24H20O6. The number of ketones is 1. The van der Waals surface area contributed by atoms with Crippen LogP contribution < -0.4 is 10.4 Å². The highest BCUT2D eigenvalue weighted by atomic mass is 16.5. The highest BCUT2D eigenvalue weighted by molar-refractivity contribution is 6.07. The van der Waals surface area contributed by atoms with E-state index < -0.39 is 12.1 Å². The number of carbonyl (C=O) groups is 2. The summed E-state index contributed by atoms with van der Waals surface area (Å²) in [5, 5.41) is 0.743. The molecule has 0 N–H and O–H groups in total. The maximum atomic E-state index is 13.1. The molecule has 5 rings (SSSR count). The molecule has 0 saturated carbocycles. The predicted octanol–water partition coefficient (Wildman–Crippen LogP) is 4.08. The van der Waals surface area contributed by atoms with Crippen molar-refractivity contribution < 1.29 is 23.5 Å². The second kappa shape index (κ2) is 6.83. The van der Waals surface area contributed by atoms with Gasteiger partial charge in [-0.15, -0.1) is 0 Å². The predicted molar refractivity (Wildman–Crippen MR) is 109 cm³/mol. The topological polar surface area (TPSA) is 82.8 Å². The van der Waals surface area contributed by atoms with E-state index in [0.29, 0.717) is 34.4 Å². The number of carbonyl (C=O) groups excluding carboxylic acids is 2. The van der Waals surface area contributed by atoms with Crippen LogP contribution in [-0.4, -0.2) is 18.9 Å². The fourth-order valence-corrected chi connectivity index (χ4v) is 4.59. The van der Waals surface area contributed by atoms with Crippen molar-refractivity contribution in [1.29, 1.82) is 0 Å². The van der Waals surface area contributed by atoms with E-state index in [9.17, 15) is 14.4 Å². The quantitative estimate of drug-likeness (QED) is 0.473. The van der Waals surface area contributed by atoms with E-state index in [1.54, 1.807) is 30.3 Å². The molecule has 30 heavy (non-hydrogen) atoms. The summed E-state index contributed by atoms with van der Waals surface area (Å²) in [7, 11) is 1.33. The number of esters is 1. The first kappa shape index (κ1) is 18.6. The molecule has 1 aliphatic carbocycles. The van der Waals surface area contributed by atoms with Gasteiger partial charge in [-0.05, 0) is 61.1 Å². The first-order chi connectivity index (χ1) is 14.5. The SMILES string of the molecule is COC(=O)c1ccc([C@@H]2CC(=O)c3c(C)cc4oc(=O)c5c(c4c3O2)CCC5)cc1. The number of benzene rings is 2. The lowest BCUT2D eigenvalue weighted by Gasteiger charge is -2.28. The largest absolute Gasteiger partial charge is 0.484 e. The summed E-state index contributed by atoms with van der Waals surface area (Å²) in [6.45, 7) is 1.83. The van der Waals surface area contributed by atoms with Crippen LogP contribution in [0.3, 0.4) is 0 Å². The normalized spacial score (nSPS) is 17.4. The molecule has 6 nitrogen and oxygen atoms in total. The highest BCUT2D eigenvalue weighted by Gasteiger charge is 2.33. The maximum Gasteiger partial charge on any atom is 0.339 e. The van der Waals surface area contributed by atoms with E-state index in [-0.39, 0.29) is 17.8 Å². The number of rotatable bonds is 2. The molecule has 0 radical (unpaired) electrons. The number of aryl methyl sites for hydroxylation is 2. The molecular weight excluding hydrogens is 384 g/mol. The van der Waals surface area contributed by atoms with Crippen LogP contribution in [0, 0.1) is 6.92 Å². The van der Waals surface area contributed by atoms with Gasteiger partial charge in [0.25, 0.3) is 0 Å². The van der Waals surface area contributed by atoms with Gasteiger partial charge in [0.05, 0.1) is 30.0 Å². The molecule has 0 fully saturated rings. The monoisotopic (exact) mass is 404 g/mol. The Bertz CT molecular complexity index is 1270. The van der Waals surface area contributed by atoms with E-state index >= 15 is 0 Å².